The lowest BCUT2D eigenvalue weighted by Gasteiger charge is -2.35. The van der Waals surface area contributed by atoms with Crippen LogP contribution in [0.2, 0.25) is 10.0 Å². The highest BCUT2D eigenvalue weighted by Crippen LogP contribution is 2.32. The molecule has 0 aliphatic carbocycles. The van der Waals surface area contributed by atoms with Gasteiger partial charge >= 0.3 is 0 Å². The van der Waals surface area contributed by atoms with Gasteiger partial charge in [0.1, 0.15) is 0 Å². The molecule has 2 aromatic rings. The van der Waals surface area contributed by atoms with Crippen LogP contribution >= 0.6 is 23.2 Å². The van der Waals surface area contributed by atoms with Crippen molar-refractivity contribution < 1.29 is 0 Å². The third kappa shape index (κ3) is 3.58. The molecule has 1 atom stereocenters. The second-order valence-electron chi connectivity index (χ2n) is 5.72. The quantitative estimate of drug-likeness (QED) is 0.634. The fourth-order valence-corrected chi connectivity index (χ4v) is 2.91. The van der Waals surface area contributed by atoms with Crippen LogP contribution in [0.3, 0.4) is 0 Å². The van der Waals surface area contributed by atoms with Gasteiger partial charge in [0.25, 0.3) is 0 Å². The first-order chi connectivity index (χ1) is 9.96. The number of halogens is 2. The van der Waals surface area contributed by atoms with Crippen LogP contribution in [-0.2, 0) is 11.8 Å². The fraction of sp³-hybridized carbons (Fsp3) is 0.294. The van der Waals surface area contributed by atoms with E-state index < -0.39 is 0 Å². The maximum absolute atomic E-state index is 6.29. The number of hydrogen-bond acceptors (Lipinski definition) is 2. The van der Waals surface area contributed by atoms with E-state index in [2.05, 4.69) is 31.4 Å². The molecular formula is C17H20Cl2N2. The molecule has 0 aromatic heterocycles. The molecule has 2 rings (SSSR count). The first-order valence-corrected chi connectivity index (χ1v) is 7.67. The Kier molecular flexibility index (Phi) is 5.28. The molecule has 0 fully saturated rings. The van der Waals surface area contributed by atoms with Crippen LogP contribution in [-0.4, -0.2) is 6.04 Å². The largest absolute Gasteiger partial charge is 0.271 e. The number of nitrogens with one attached hydrogen (secondary N) is 1. The maximum Gasteiger partial charge on any atom is 0.0624 e. The Labute approximate surface area is 136 Å². The van der Waals surface area contributed by atoms with Gasteiger partial charge in [-0.25, -0.2) is 0 Å². The standard InChI is InChI=1S/C17H20Cl2N2/c1-17(2,13-8-4-3-5-9-13)15(21-20)11-12-7-6-10-14(18)16(12)19/h3-10,15,21H,11,20H2,1-2H3. The highest BCUT2D eigenvalue weighted by molar-refractivity contribution is 6.42. The van der Waals surface area contributed by atoms with Gasteiger partial charge in [0.15, 0.2) is 0 Å². The predicted octanol–water partition coefficient (Wildman–Crippen LogP) is 4.35. The minimum absolute atomic E-state index is 0.0378. The molecule has 0 radical (unpaired) electrons. The maximum atomic E-state index is 6.29. The van der Waals surface area contributed by atoms with E-state index in [9.17, 15) is 0 Å². The molecule has 21 heavy (non-hydrogen) atoms. The number of hydrogen-bond donors (Lipinski definition) is 2. The van der Waals surface area contributed by atoms with Crippen LogP contribution in [0.4, 0.5) is 0 Å². The Morgan fingerprint density at radius 3 is 2.33 bits per heavy atom. The van der Waals surface area contributed by atoms with Gasteiger partial charge in [-0.1, -0.05) is 79.5 Å². The third-order valence-electron chi connectivity index (χ3n) is 4.05. The first kappa shape index (κ1) is 16.3. The van der Waals surface area contributed by atoms with Crippen molar-refractivity contribution in [2.75, 3.05) is 0 Å². The van der Waals surface area contributed by atoms with Crippen molar-refractivity contribution in [1.29, 1.82) is 0 Å². The van der Waals surface area contributed by atoms with Gasteiger partial charge in [0.05, 0.1) is 10.0 Å². The molecule has 0 bridgehead atoms. The van der Waals surface area contributed by atoms with E-state index in [0.717, 1.165) is 5.56 Å². The summed E-state index contributed by atoms with van der Waals surface area (Å²) < 4.78 is 0. The van der Waals surface area contributed by atoms with E-state index in [1.54, 1.807) is 6.07 Å². The molecule has 3 N–H and O–H groups in total. The summed E-state index contributed by atoms with van der Waals surface area (Å²) in [5.41, 5.74) is 5.02. The van der Waals surface area contributed by atoms with Crippen molar-refractivity contribution in [2.45, 2.75) is 31.7 Å². The summed E-state index contributed by atoms with van der Waals surface area (Å²) >= 11 is 12.4. The summed E-state index contributed by atoms with van der Waals surface area (Å²) in [6.07, 6.45) is 0.706. The zero-order chi connectivity index (χ0) is 15.5. The Hall–Kier alpha value is -1.06. The normalized spacial score (nSPS) is 13.2. The van der Waals surface area contributed by atoms with Crippen LogP contribution < -0.4 is 11.3 Å². The SMILES string of the molecule is CC(C)(c1ccccc1)C(Cc1cccc(Cl)c1Cl)NN. The van der Waals surface area contributed by atoms with Gasteiger partial charge in [-0.2, -0.15) is 0 Å². The van der Waals surface area contributed by atoms with Crippen LogP contribution in [0, 0.1) is 0 Å². The highest BCUT2D eigenvalue weighted by atomic mass is 35.5. The molecule has 0 aliphatic rings. The molecule has 2 aromatic carbocycles. The average Bonchev–Trinajstić information content (AvgIpc) is 2.49. The monoisotopic (exact) mass is 322 g/mol. The lowest BCUT2D eigenvalue weighted by atomic mass is 9.75. The van der Waals surface area contributed by atoms with Gasteiger partial charge in [-0.3, -0.25) is 11.3 Å². The molecule has 1 unspecified atom stereocenters. The summed E-state index contributed by atoms with van der Waals surface area (Å²) in [5.74, 6) is 5.81. The van der Waals surface area contributed by atoms with Crippen molar-refractivity contribution in [3.8, 4) is 0 Å². The van der Waals surface area contributed by atoms with Crippen LogP contribution in [0.15, 0.2) is 48.5 Å². The second kappa shape index (κ2) is 6.80. The first-order valence-electron chi connectivity index (χ1n) is 6.91. The van der Waals surface area contributed by atoms with E-state index in [1.165, 1.54) is 5.56 Å². The Morgan fingerprint density at radius 1 is 1.05 bits per heavy atom. The smallest absolute Gasteiger partial charge is 0.0624 e. The molecule has 0 aliphatic heterocycles. The Balaban J connectivity index is 2.29. The molecule has 0 saturated carbocycles. The molecule has 2 nitrogen and oxygen atoms in total. The van der Waals surface area contributed by atoms with Crippen LogP contribution in [0.1, 0.15) is 25.0 Å². The summed E-state index contributed by atoms with van der Waals surface area (Å²) in [7, 11) is 0. The number of nitrogens with two attached hydrogens (primary N) is 1. The van der Waals surface area contributed by atoms with Gasteiger partial charge in [0.2, 0.25) is 0 Å². The fourth-order valence-electron chi connectivity index (χ4n) is 2.52. The van der Waals surface area contributed by atoms with Crippen molar-refractivity contribution in [1.82, 2.24) is 5.43 Å². The van der Waals surface area contributed by atoms with Crippen molar-refractivity contribution >= 4 is 23.2 Å². The molecule has 4 heteroatoms. The Bertz CT molecular complexity index is 597. The van der Waals surface area contributed by atoms with Crippen LogP contribution in [0.25, 0.3) is 0 Å². The van der Waals surface area contributed by atoms with E-state index in [4.69, 9.17) is 29.0 Å². The van der Waals surface area contributed by atoms with Gasteiger partial charge < -0.3 is 0 Å². The third-order valence-corrected chi connectivity index (χ3v) is 4.90. The minimum atomic E-state index is -0.137. The molecule has 0 heterocycles. The van der Waals surface area contributed by atoms with Gasteiger partial charge in [0, 0.05) is 11.5 Å². The number of hydrazine groups is 1. The van der Waals surface area contributed by atoms with Crippen molar-refractivity contribution in [3.05, 3.63) is 69.7 Å². The second-order valence-corrected chi connectivity index (χ2v) is 6.51. The van der Waals surface area contributed by atoms with E-state index in [0.29, 0.717) is 16.5 Å². The highest BCUT2D eigenvalue weighted by Gasteiger charge is 2.31. The Morgan fingerprint density at radius 2 is 1.71 bits per heavy atom. The van der Waals surface area contributed by atoms with Gasteiger partial charge in [-0.05, 0) is 23.6 Å². The van der Waals surface area contributed by atoms with Crippen molar-refractivity contribution in [2.24, 2.45) is 5.84 Å². The average molecular weight is 323 g/mol. The van der Waals surface area contributed by atoms with E-state index in [-0.39, 0.29) is 11.5 Å². The topological polar surface area (TPSA) is 38.0 Å². The lowest BCUT2D eigenvalue weighted by Crippen LogP contribution is -2.49. The van der Waals surface area contributed by atoms with Crippen molar-refractivity contribution in [3.63, 3.8) is 0 Å². The summed E-state index contributed by atoms with van der Waals surface area (Å²) in [4.78, 5) is 0. The van der Waals surface area contributed by atoms with E-state index in [1.807, 2.05) is 30.3 Å². The molecular weight excluding hydrogens is 303 g/mol. The number of rotatable bonds is 5. The van der Waals surface area contributed by atoms with E-state index >= 15 is 0 Å². The summed E-state index contributed by atoms with van der Waals surface area (Å²) in [6.45, 7) is 4.34. The lowest BCUT2D eigenvalue weighted by molar-refractivity contribution is 0.342. The predicted molar refractivity (Wildman–Crippen MR) is 90.7 cm³/mol. The summed E-state index contributed by atoms with van der Waals surface area (Å²) in [6, 6.07) is 16.0. The molecule has 0 spiro atoms. The summed E-state index contributed by atoms with van der Waals surface area (Å²) in [5, 5.41) is 1.17. The molecule has 0 saturated heterocycles. The zero-order valence-corrected chi connectivity index (χ0v) is 13.7. The molecule has 0 amide bonds. The number of benzene rings is 2. The van der Waals surface area contributed by atoms with Crippen LogP contribution in [0.5, 0.6) is 0 Å². The molecule has 112 valence electrons. The minimum Gasteiger partial charge on any atom is -0.271 e. The zero-order valence-electron chi connectivity index (χ0n) is 12.2. The van der Waals surface area contributed by atoms with Gasteiger partial charge in [-0.15, -0.1) is 0 Å².